The average Bonchev–Trinajstić information content (AvgIpc) is 1.91. The molecule has 0 atom stereocenters. The van der Waals surface area contributed by atoms with E-state index >= 15 is 0 Å². The van der Waals surface area contributed by atoms with Crippen molar-refractivity contribution in [3.05, 3.63) is 12.3 Å². The van der Waals surface area contributed by atoms with Crippen molar-refractivity contribution in [2.75, 3.05) is 7.05 Å². The second kappa shape index (κ2) is 5.22. The van der Waals surface area contributed by atoms with Gasteiger partial charge in [-0.3, -0.25) is 9.98 Å². The van der Waals surface area contributed by atoms with Gasteiger partial charge in [-0.2, -0.15) is 0 Å². The van der Waals surface area contributed by atoms with Crippen LogP contribution in [0.25, 0.3) is 0 Å². The highest BCUT2D eigenvalue weighted by Crippen LogP contribution is 1.86. The zero-order valence-electron chi connectivity index (χ0n) is 5.96. The molecule has 0 aliphatic heterocycles. The highest BCUT2D eigenvalue weighted by molar-refractivity contribution is 5.94. The number of rotatable bonds is 3. The molecule has 0 bridgehead atoms. The lowest BCUT2D eigenvalue weighted by atomic mass is 10.3. The quantitative estimate of drug-likeness (QED) is 0.511. The van der Waals surface area contributed by atoms with E-state index in [4.69, 9.17) is 0 Å². The number of aliphatic imine (C=N–C) groups is 2. The topological polar surface area (TPSA) is 24.7 Å². The Balaban J connectivity index is 3.84. The molecule has 2 heteroatoms. The Labute approximate surface area is 56.0 Å². The van der Waals surface area contributed by atoms with Crippen molar-refractivity contribution in [3.8, 4) is 0 Å². The van der Waals surface area contributed by atoms with Gasteiger partial charge in [0.05, 0.1) is 0 Å². The number of hydrogen-bond donors (Lipinski definition) is 0. The van der Waals surface area contributed by atoms with Crippen LogP contribution in [0.1, 0.15) is 13.3 Å². The number of nitrogens with zero attached hydrogens (tertiary/aromatic N) is 2. The first-order valence-corrected chi connectivity index (χ1v) is 2.93. The third kappa shape index (κ3) is 3.64. The molecule has 2 nitrogen and oxygen atoms in total. The fourth-order valence-corrected chi connectivity index (χ4v) is 0.489. The Morgan fingerprint density at radius 3 is 2.67 bits per heavy atom. The molecule has 0 aromatic heterocycles. The molecule has 9 heavy (non-hydrogen) atoms. The molecule has 0 aliphatic rings. The molecule has 0 saturated carbocycles. The van der Waals surface area contributed by atoms with E-state index in [0.29, 0.717) is 0 Å². The molecule has 0 rings (SSSR count). The van der Waals surface area contributed by atoms with Gasteiger partial charge in [-0.1, -0.05) is 6.92 Å². The lowest BCUT2D eigenvalue weighted by molar-refractivity contribution is 1.25. The molecule has 0 radical (unpaired) electrons. The van der Waals surface area contributed by atoms with E-state index in [9.17, 15) is 0 Å². The molecule has 0 spiro atoms. The lowest BCUT2D eigenvalue weighted by Crippen LogP contribution is -1.87. The summed E-state index contributed by atoms with van der Waals surface area (Å²) in [6, 6.07) is 0. The first kappa shape index (κ1) is 8.08. The van der Waals surface area contributed by atoms with Crippen molar-refractivity contribution in [2.24, 2.45) is 9.98 Å². The Hall–Kier alpha value is -0.920. The molecule has 0 saturated heterocycles. The zero-order valence-corrected chi connectivity index (χ0v) is 5.96. The monoisotopic (exact) mass is 124 g/mol. The van der Waals surface area contributed by atoms with Crippen molar-refractivity contribution in [1.82, 2.24) is 0 Å². The minimum absolute atomic E-state index is 0.947. The summed E-state index contributed by atoms with van der Waals surface area (Å²) in [6.45, 7) is 5.36. The molecular formula is C7H12N2. The Kier molecular flexibility index (Phi) is 4.69. The molecule has 0 unspecified atom stereocenters. The normalized spacial score (nSPS) is 12.4. The fraction of sp³-hybridized carbons (Fsp3) is 0.429. The van der Waals surface area contributed by atoms with E-state index in [1.807, 2.05) is 6.08 Å². The molecule has 0 fully saturated rings. The van der Waals surface area contributed by atoms with Crippen LogP contribution in [0.4, 0.5) is 0 Å². The van der Waals surface area contributed by atoms with Crippen molar-refractivity contribution < 1.29 is 0 Å². The van der Waals surface area contributed by atoms with Crippen molar-refractivity contribution in [3.63, 3.8) is 0 Å². The summed E-state index contributed by atoms with van der Waals surface area (Å²) < 4.78 is 0. The van der Waals surface area contributed by atoms with Crippen molar-refractivity contribution in [1.29, 1.82) is 0 Å². The van der Waals surface area contributed by atoms with Gasteiger partial charge in [0.15, 0.2) is 0 Å². The fourth-order valence-electron chi connectivity index (χ4n) is 0.489. The largest absolute Gasteiger partial charge is 0.293 e. The highest BCUT2D eigenvalue weighted by Gasteiger charge is 1.82. The van der Waals surface area contributed by atoms with Crippen LogP contribution in [-0.4, -0.2) is 19.5 Å². The average molecular weight is 124 g/mol. The first-order chi connectivity index (χ1) is 4.35. The van der Waals surface area contributed by atoms with Gasteiger partial charge in [0.25, 0.3) is 0 Å². The minimum Gasteiger partial charge on any atom is -0.293 e. The van der Waals surface area contributed by atoms with Crippen LogP contribution in [-0.2, 0) is 0 Å². The zero-order chi connectivity index (χ0) is 7.11. The molecule has 0 aromatic carbocycles. The summed E-state index contributed by atoms with van der Waals surface area (Å²) in [7, 11) is 1.77. The Morgan fingerprint density at radius 1 is 1.67 bits per heavy atom. The van der Waals surface area contributed by atoms with Crippen LogP contribution in [0.15, 0.2) is 22.3 Å². The summed E-state index contributed by atoms with van der Waals surface area (Å²) >= 11 is 0. The lowest BCUT2D eigenvalue weighted by Gasteiger charge is -1.88. The molecule has 0 aliphatic carbocycles. The van der Waals surface area contributed by atoms with Crippen molar-refractivity contribution >= 4 is 12.4 Å². The van der Waals surface area contributed by atoms with Gasteiger partial charge in [0, 0.05) is 19.0 Å². The van der Waals surface area contributed by atoms with E-state index in [2.05, 4.69) is 23.6 Å². The predicted octanol–water partition coefficient (Wildman–Crippen LogP) is 1.68. The van der Waals surface area contributed by atoms with Crippen molar-refractivity contribution in [2.45, 2.75) is 13.3 Å². The molecule has 0 N–H and O–H groups in total. The summed E-state index contributed by atoms with van der Waals surface area (Å²) in [5, 5.41) is 0. The van der Waals surface area contributed by atoms with Gasteiger partial charge < -0.3 is 0 Å². The minimum atomic E-state index is 0.947. The molecular weight excluding hydrogens is 112 g/mol. The maximum atomic E-state index is 3.99. The van der Waals surface area contributed by atoms with Gasteiger partial charge in [0.1, 0.15) is 0 Å². The smallest absolute Gasteiger partial charge is 0.0357 e. The van der Waals surface area contributed by atoms with Gasteiger partial charge in [-0.15, -0.1) is 0 Å². The highest BCUT2D eigenvalue weighted by atomic mass is 14.7. The van der Waals surface area contributed by atoms with Crippen LogP contribution in [0, 0.1) is 0 Å². The van der Waals surface area contributed by atoms with Gasteiger partial charge >= 0.3 is 0 Å². The second-order valence-corrected chi connectivity index (χ2v) is 1.57. The summed E-state index contributed by atoms with van der Waals surface area (Å²) in [4.78, 5) is 7.55. The van der Waals surface area contributed by atoms with Gasteiger partial charge in [-0.25, -0.2) is 0 Å². The molecule has 0 heterocycles. The standard InChI is InChI=1S/C7H12N2/c1-4-7(9-3)5-6-8-2/h5-6H,2,4H2,1,3H3/b6-5-,9-7-. The van der Waals surface area contributed by atoms with Crippen LogP contribution in [0.5, 0.6) is 0 Å². The Morgan fingerprint density at radius 2 is 2.33 bits per heavy atom. The van der Waals surface area contributed by atoms with E-state index in [1.165, 1.54) is 0 Å². The third-order valence-corrected chi connectivity index (χ3v) is 1.02. The molecule has 0 aromatic rings. The summed E-state index contributed by atoms with van der Waals surface area (Å²) in [5.74, 6) is 0. The van der Waals surface area contributed by atoms with E-state index < -0.39 is 0 Å². The van der Waals surface area contributed by atoms with Crippen LogP contribution in [0.2, 0.25) is 0 Å². The maximum Gasteiger partial charge on any atom is 0.0357 e. The van der Waals surface area contributed by atoms with Gasteiger partial charge in [0.2, 0.25) is 0 Å². The SMILES string of the molecule is C=N/C=C\C(CC)=N/C. The van der Waals surface area contributed by atoms with Gasteiger partial charge in [-0.05, 0) is 19.2 Å². The van der Waals surface area contributed by atoms with E-state index in [1.54, 1.807) is 13.2 Å². The maximum absolute atomic E-state index is 3.99. The first-order valence-electron chi connectivity index (χ1n) is 2.93. The van der Waals surface area contributed by atoms with Crippen LogP contribution < -0.4 is 0 Å². The van der Waals surface area contributed by atoms with Crippen LogP contribution >= 0.6 is 0 Å². The summed E-state index contributed by atoms with van der Waals surface area (Å²) in [6.07, 6.45) is 4.45. The van der Waals surface area contributed by atoms with E-state index in [-0.39, 0.29) is 0 Å². The number of hydrogen-bond acceptors (Lipinski definition) is 2. The second-order valence-electron chi connectivity index (χ2n) is 1.57. The number of allylic oxidation sites excluding steroid dienone is 1. The summed E-state index contributed by atoms with van der Waals surface area (Å²) in [5.41, 5.74) is 1.04. The Bertz CT molecular complexity index is 134. The third-order valence-electron chi connectivity index (χ3n) is 1.02. The predicted molar refractivity (Wildman–Crippen MR) is 42.3 cm³/mol. The molecule has 0 amide bonds. The van der Waals surface area contributed by atoms with E-state index in [0.717, 1.165) is 12.1 Å². The molecule has 50 valence electrons. The van der Waals surface area contributed by atoms with Crippen LogP contribution in [0.3, 0.4) is 0 Å².